The molecule has 1 amide bonds. The summed E-state index contributed by atoms with van der Waals surface area (Å²) in [5.41, 5.74) is 1.02. The van der Waals surface area contributed by atoms with Crippen molar-refractivity contribution in [3.8, 4) is 0 Å². The SMILES string of the molecule is O=C(O)CC1Sc2ccccc2N(Cc2nc3c(F)cccc3s2)C1=O. The van der Waals surface area contributed by atoms with Gasteiger partial charge in [-0.05, 0) is 24.3 Å². The smallest absolute Gasteiger partial charge is 0.305 e. The molecule has 26 heavy (non-hydrogen) atoms. The number of hydrogen-bond donors (Lipinski definition) is 1. The average molecular weight is 388 g/mol. The molecule has 0 saturated carbocycles. The fraction of sp³-hybridized carbons (Fsp3) is 0.167. The van der Waals surface area contributed by atoms with Gasteiger partial charge in [0.15, 0.2) is 0 Å². The second-order valence-electron chi connectivity index (χ2n) is 5.79. The Labute approximate surface area is 156 Å². The van der Waals surface area contributed by atoms with Gasteiger partial charge >= 0.3 is 5.97 Å². The van der Waals surface area contributed by atoms with Gasteiger partial charge in [-0.15, -0.1) is 23.1 Å². The monoisotopic (exact) mass is 388 g/mol. The van der Waals surface area contributed by atoms with Crippen LogP contribution in [0.25, 0.3) is 10.2 Å². The van der Waals surface area contributed by atoms with Crippen molar-refractivity contribution in [1.82, 2.24) is 4.98 Å². The second kappa shape index (κ2) is 6.69. The van der Waals surface area contributed by atoms with E-state index in [-0.39, 0.29) is 18.9 Å². The lowest BCUT2D eigenvalue weighted by molar-refractivity contribution is -0.138. The topological polar surface area (TPSA) is 70.5 Å². The van der Waals surface area contributed by atoms with Crippen LogP contribution in [-0.4, -0.2) is 27.2 Å². The molecule has 3 aromatic rings. The van der Waals surface area contributed by atoms with Crippen LogP contribution < -0.4 is 4.90 Å². The Kier molecular flexibility index (Phi) is 4.37. The number of fused-ring (bicyclic) bond motifs is 2. The molecule has 4 rings (SSSR count). The first-order chi connectivity index (χ1) is 12.5. The van der Waals surface area contributed by atoms with Gasteiger partial charge in [0.05, 0.1) is 28.6 Å². The average Bonchev–Trinajstić information content (AvgIpc) is 3.02. The van der Waals surface area contributed by atoms with Gasteiger partial charge in [0.1, 0.15) is 16.3 Å². The largest absolute Gasteiger partial charge is 0.481 e. The third-order valence-electron chi connectivity index (χ3n) is 4.03. The molecule has 2 heterocycles. The lowest BCUT2D eigenvalue weighted by atomic mass is 10.2. The Morgan fingerprint density at radius 2 is 2.04 bits per heavy atom. The third-order valence-corrected chi connectivity index (χ3v) is 6.29. The molecule has 1 aliphatic rings. The van der Waals surface area contributed by atoms with Crippen LogP contribution >= 0.6 is 23.1 Å². The summed E-state index contributed by atoms with van der Waals surface area (Å²) in [4.78, 5) is 30.7. The van der Waals surface area contributed by atoms with Gasteiger partial charge in [-0.3, -0.25) is 9.59 Å². The van der Waals surface area contributed by atoms with Crippen LogP contribution in [-0.2, 0) is 16.1 Å². The van der Waals surface area contributed by atoms with E-state index >= 15 is 0 Å². The van der Waals surface area contributed by atoms with E-state index in [1.165, 1.54) is 29.2 Å². The molecule has 5 nitrogen and oxygen atoms in total. The van der Waals surface area contributed by atoms with Gasteiger partial charge < -0.3 is 10.0 Å². The van der Waals surface area contributed by atoms with Crippen molar-refractivity contribution in [2.75, 3.05) is 4.90 Å². The highest BCUT2D eigenvalue weighted by Crippen LogP contribution is 2.41. The maximum atomic E-state index is 13.9. The molecule has 1 N–H and O–H groups in total. The molecule has 0 radical (unpaired) electrons. The Morgan fingerprint density at radius 3 is 2.81 bits per heavy atom. The zero-order valence-corrected chi connectivity index (χ0v) is 15.0. The van der Waals surface area contributed by atoms with Crippen molar-refractivity contribution in [1.29, 1.82) is 0 Å². The van der Waals surface area contributed by atoms with Crippen molar-refractivity contribution in [3.05, 3.63) is 53.3 Å². The molecule has 0 fully saturated rings. The summed E-state index contributed by atoms with van der Waals surface area (Å²) in [5, 5.41) is 9.02. The number of para-hydroxylation sites is 2. The second-order valence-corrected chi connectivity index (χ2v) is 8.15. The number of aromatic nitrogens is 1. The molecule has 0 bridgehead atoms. The summed E-state index contributed by atoms with van der Waals surface area (Å²) in [6.07, 6.45) is -0.247. The molecule has 1 unspecified atom stereocenters. The predicted molar refractivity (Wildman–Crippen MR) is 99.1 cm³/mol. The molecule has 1 aromatic heterocycles. The van der Waals surface area contributed by atoms with Crippen LogP contribution in [0, 0.1) is 5.82 Å². The van der Waals surface area contributed by atoms with E-state index in [4.69, 9.17) is 5.11 Å². The fourth-order valence-corrected chi connectivity index (χ4v) is 5.08. The lowest BCUT2D eigenvalue weighted by Gasteiger charge is -2.32. The number of carboxylic acids is 1. The van der Waals surface area contributed by atoms with E-state index < -0.39 is 17.0 Å². The van der Waals surface area contributed by atoms with E-state index in [1.807, 2.05) is 24.3 Å². The van der Waals surface area contributed by atoms with E-state index in [1.54, 1.807) is 17.0 Å². The quantitative estimate of drug-likeness (QED) is 0.734. The van der Waals surface area contributed by atoms with Crippen LogP contribution in [0.4, 0.5) is 10.1 Å². The first-order valence-corrected chi connectivity index (χ1v) is 9.55. The number of benzene rings is 2. The van der Waals surface area contributed by atoms with Crippen LogP contribution in [0.15, 0.2) is 47.4 Å². The van der Waals surface area contributed by atoms with Gasteiger partial charge in [-0.2, -0.15) is 0 Å². The van der Waals surface area contributed by atoms with Crippen LogP contribution in [0.2, 0.25) is 0 Å². The summed E-state index contributed by atoms with van der Waals surface area (Å²) in [6.45, 7) is 0.186. The van der Waals surface area contributed by atoms with Gasteiger partial charge in [0.2, 0.25) is 5.91 Å². The minimum atomic E-state index is -1.02. The van der Waals surface area contributed by atoms with Crippen molar-refractivity contribution in [2.45, 2.75) is 23.1 Å². The number of carboxylic acid groups (broad SMARTS) is 1. The van der Waals surface area contributed by atoms with Crippen molar-refractivity contribution in [3.63, 3.8) is 0 Å². The van der Waals surface area contributed by atoms with Gasteiger partial charge in [0.25, 0.3) is 0 Å². The number of aliphatic carboxylic acids is 1. The minimum absolute atomic E-state index is 0.186. The van der Waals surface area contributed by atoms with Gasteiger partial charge in [-0.1, -0.05) is 18.2 Å². The molecule has 0 spiro atoms. The van der Waals surface area contributed by atoms with Crippen molar-refractivity contribution < 1.29 is 19.1 Å². The first-order valence-electron chi connectivity index (χ1n) is 7.85. The number of carbonyl (C=O) groups is 2. The number of rotatable bonds is 4. The van der Waals surface area contributed by atoms with Crippen molar-refractivity contribution >= 4 is 50.9 Å². The van der Waals surface area contributed by atoms with Crippen LogP contribution in [0.1, 0.15) is 11.4 Å². The lowest BCUT2D eigenvalue weighted by Crippen LogP contribution is -2.41. The molecular formula is C18H13FN2O3S2. The Morgan fingerprint density at radius 1 is 1.23 bits per heavy atom. The Bertz CT molecular complexity index is 1020. The van der Waals surface area contributed by atoms with E-state index in [0.717, 1.165) is 10.6 Å². The molecule has 1 aliphatic heterocycles. The number of carbonyl (C=O) groups excluding carboxylic acids is 1. The third kappa shape index (κ3) is 3.06. The summed E-state index contributed by atoms with van der Waals surface area (Å²) >= 11 is 2.59. The number of anilines is 1. The summed E-state index contributed by atoms with van der Waals surface area (Å²) < 4.78 is 14.6. The highest BCUT2D eigenvalue weighted by atomic mass is 32.2. The summed E-state index contributed by atoms with van der Waals surface area (Å²) in [6, 6.07) is 12.1. The fourth-order valence-electron chi connectivity index (χ4n) is 2.89. The van der Waals surface area contributed by atoms with Gasteiger partial charge in [0, 0.05) is 4.90 Å². The van der Waals surface area contributed by atoms with E-state index in [2.05, 4.69) is 4.98 Å². The number of hydrogen-bond acceptors (Lipinski definition) is 5. The molecule has 0 aliphatic carbocycles. The molecule has 0 saturated heterocycles. The number of thioether (sulfide) groups is 1. The zero-order chi connectivity index (χ0) is 18.3. The zero-order valence-electron chi connectivity index (χ0n) is 13.4. The molecular weight excluding hydrogens is 375 g/mol. The predicted octanol–water partition coefficient (Wildman–Crippen LogP) is 3.92. The molecule has 2 aromatic carbocycles. The van der Waals surface area contributed by atoms with Crippen LogP contribution in [0.5, 0.6) is 0 Å². The number of nitrogens with zero attached hydrogens (tertiary/aromatic N) is 2. The summed E-state index contributed by atoms with van der Waals surface area (Å²) in [7, 11) is 0. The number of thiazole rings is 1. The van der Waals surface area contributed by atoms with Crippen LogP contribution in [0.3, 0.4) is 0 Å². The standard InChI is InChI=1S/C18H13FN2O3S2/c19-10-4-3-7-13-17(10)20-15(26-13)9-21-11-5-1-2-6-12(11)25-14(18(21)24)8-16(22)23/h1-7,14H,8-9H2,(H,22,23). The normalized spacial score (nSPS) is 16.7. The summed E-state index contributed by atoms with van der Waals surface area (Å²) in [5.74, 6) is -1.68. The minimum Gasteiger partial charge on any atom is -0.481 e. The Hall–Kier alpha value is -2.45. The van der Waals surface area contributed by atoms with E-state index in [0.29, 0.717) is 15.2 Å². The number of amides is 1. The first kappa shape index (κ1) is 17.0. The van der Waals surface area contributed by atoms with Crippen molar-refractivity contribution in [2.24, 2.45) is 0 Å². The van der Waals surface area contributed by atoms with Gasteiger partial charge in [-0.25, -0.2) is 9.37 Å². The maximum Gasteiger partial charge on any atom is 0.305 e. The molecule has 1 atom stereocenters. The molecule has 132 valence electrons. The highest BCUT2D eigenvalue weighted by molar-refractivity contribution is 8.01. The maximum absolute atomic E-state index is 13.9. The Balaban J connectivity index is 1.71. The number of halogens is 1. The molecule has 8 heteroatoms. The van der Waals surface area contributed by atoms with E-state index in [9.17, 15) is 14.0 Å². The highest BCUT2D eigenvalue weighted by Gasteiger charge is 2.35.